The molecule has 0 aliphatic carbocycles. The van der Waals surface area contributed by atoms with Crippen molar-refractivity contribution in [3.8, 4) is 5.75 Å². The van der Waals surface area contributed by atoms with E-state index in [1.165, 1.54) is 29.5 Å². The second kappa shape index (κ2) is 8.21. The maximum Gasteiger partial charge on any atom is 0.387 e. The van der Waals surface area contributed by atoms with Crippen LogP contribution < -0.4 is 10.1 Å². The van der Waals surface area contributed by atoms with Crippen molar-refractivity contribution in [1.29, 1.82) is 0 Å². The molecule has 10 heteroatoms. The Morgan fingerprint density at radius 3 is 2.64 bits per heavy atom. The maximum atomic E-state index is 12.2. The standard InChI is InChI=1S/C15H13ClF2N2O4S/c1-7-13(25-8(2)19-7)14(22)23-6-12(21)20-9-3-4-11(10(16)5-9)24-15(17)18/h3-5,15H,6H2,1-2H3,(H,20,21). The zero-order valence-corrected chi connectivity index (χ0v) is 14.7. The molecule has 1 N–H and O–H groups in total. The monoisotopic (exact) mass is 390 g/mol. The fourth-order valence-corrected chi connectivity index (χ4v) is 2.92. The molecule has 0 spiro atoms. The van der Waals surface area contributed by atoms with Crippen LogP contribution in [0.2, 0.25) is 5.02 Å². The van der Waals surface area contributed by atoms with Crippen molar-refractivity contribution < 1.29 is 27.8 Å². The molecule has 0 aliphatic heterocycles. The average molecular weight is 391 g/mol. The van der Waals surface area contributed by atoms with E-state index in [4.69, 9.17) is 16.3 Å². The van der Waals surface area contributed by atoms with E-state index >= 15 is 0 Å². The Bertz CT molecular complexity index is 798. The maximum absolute atomic E-state index is 12.2. The number of ether oxygens (including phenoxy) is 2. The third kappa shape index (κ3) is 5.36. The Kier molecular flexibility index (Phi) is 6.27. The third-order valence-corrected chi connectivity index (χ3v) is 4.20. The van der Waals surface area contributed by atoms with Crippen LogP contribution in [0.5, 0.6) is 5.75 Å². The Labute approximate surface area is 150 Å². The lowest BCUT2D eigenvalue weighted by atomic mass is 10.3. The summed E-state index contributed by atoms with van der Waals surface area (Å²) in [6.45, 7) is -0.0872. The number of thiazole rings is 1. The fourth-order valence-electron chi connectivity index (χ4n) is 1.88. The van der Waals surface area contributed by atoms with Crippen LogP contribution in [0.1, 0.15) is 20.4 Å². The smallest absolute Gasteiger partial charge is 0.387 e. The van der Waals surface area contributed by atoms with E-state index in [2.05, 4.69) is 15.0 Å². The third-order valence-electron chi connectivity index (χ3n) is 2.85. The van der Waals surface area contributed by atoms with Crippen molar-refractivity contribution >= 4 is 40.5 Å². The number of halogens is 3. The van der Waals surface area contributed by atoms with Crippen LogP contribution in [0.15, 0.2) is 18.2 Å². The van der Waals surface area contributed by atoms with E-state index in [0.29, 0.717) is 10.6 Å². The number of nitrogens with one attached hydrogen (secondary N) is 1. The van der Waals surface area contributed by atoms with E-state index in [0.717, 1.165) is 5.01 Å². The average Bonchev–Trinajstić information content (AvgIpc) is 2.86. The number of amides is 1. The van der Waals surface area contributed by atoms with Crippen LogP contribution in [0.3, 0.4) is 0 Å². The van der Waals surface area contributed by atoms with E-state index in [-0.39, 0.29) is 16.5 Å². The summed E-state index contributed by atoms with van der Waals surface area (Å²) in [5.41, 5.74) is 0.784. The van der Waals surface area contributed by atoms with Gasteiger partial charge in [0.2, 0.25) is 0 Å². The summed E-state index contributed by atoms with van der Waals surface area (Å²) in [6.07, 6.45) is 0. The van der Waals surface area contributed by atoms with E-state index < -0.39 is 25.1 Å². The number of aromatic nitrogens is 1. The summed E-state index contributed by atoms with van der Waals surface area (Å²) in [6, 6.07) is 3.77. The molecule has 0 bridgehead atoms. The molecule has 1 amide bonds. The molecule has 0 atom stereocenters. The molecule has 2 rings (SSSR count). The zero-order valence-electron chi connectivity index (χ0n) is 13.1. The van der Waals surface area contributed by atoms with Gasteiger partial charge in [-0.25, -0.2) is 9.78 Å². The highest BCUT2D eigenvalue weighted by molar-refractivity contribution is 7.13. The molecule has 134 valence electrons. The fraction of sp³-hybridized carbons (Fsp3) is 0.267. The largest absolute Gasteiger partial charge is 0.451 e. The SMILES string of the molecule is Cc1nc(C)c(C(=O)OCC(=O)Nc2ccc(OC(F)F)c(Cl)c2)s1. The molecule has 6 nitrogen and oxygen atoms in total. The lowest BCUT2D eigenvalue weighted by molar-refractivity contribution is -0.119. The summed E-state index contributed by atoms with van der Waals surface area (Å²) in [5, 5.41) is 3.06. The van der Waals surface area contributed by atoms with Gasteiger partial charge in [-0.1, -0.05) is 11.6 Å². The van der Waals surface area contributed by atoms with Crippen molar-refractivity contribution in [2.75, 3.05) is 11.9 Å². The summed E-state index contributed by atoms with van der Waals surface area (Å²) in [7, 11) is 0. The lowest BCUT2D eigenvalue weighted by Crippen LogP contribution is -2.20. The Morgan fingerprint density at radius 1 is 1.36 bits per heavy atom. The summed E-state index contributed by atoms with van der Waals surface area (Å²) < 4.78 is 33.4. The van der Waals surface area contributed by atoms with Crippen LogP contribution in [-0.2, 0) is 9.53 Å². The normalized spacial score (nSPS) is 10.6. The number of alkyl halides is 2. The van der Waals surface area contributed by atoms with Gasteiger partial charge in [0.05, 0.1) is 15.7 Å². The summed E-state index contributed by atoms with van der Waals surface area (Å²) >= 11 is 6.96. The predicted molar refractivity (Wildman–Crippen MR) is 88.6 cm³/mol. The van der Waals surface area contributed by atoms with E-state index in [9.17, 15) is 18.4 Å². The molecule has 25 heavy (non-hydrogen) atoms. The van der Waals surface area contributed by atoms with Gasteiger partial charge in [-0.2, -0.15) is 8.78 Å². The molecule has 2 aromatic rings. The number of esters is 1. The van der Waals surface area contributed by atoms with Crippen LogP contribution in [0.4, 0.5) is 14.5 Å². The molecule has 0 unspecified atom stereocenters. The first kappa shape index (κ1) is 19.1. The quantitative estimate of drug-likeness (QED) is 0.759. The van der Waals surface area contributed by atoms with Crippen LogP contribution in [0, 0.1) is 13.8 Å². The van der Waals surface area contributed by atoms with E-state index in [1.54, 1.807) is 13.8 Å². The minimum Gasteiger partial charge on any atom is -0.451 e. The second-order valence-corrected chi connectivity index (χ2v) is 6.41. The zero-order chi connectivity index (χ0) is 18.6. The number of carbonyl (C=O) groups excluding carboxylic acids is 2. The number of nitrogens with zero attached hydrogens (tertiary/aromatic N) is 1. The minimum absolute atomic E-state index is 0.0918. The minimum atomic E-state index is -3.00. The number of benzene rings is 1. The highest BCUT2D eigenvalue weighted by Crippen LogP contribution is 2.28. The van der Waals surface area contributed by atoms with Gasteiger partial charge in [0, 0.05) is 5.69 Å². The van der Waals surface area contributed by atoms with E-state index in [1.807, 2.05) is 0 Å². The first-order chi connectivity index (χ1) is 11.8. The molecule has 0 radical (unpaired) electrons. The Hall–Kier alpha value is -2.26. The molecular formula is C15H13ClF2N2O4S. The molecule has 0 saturated heterocycles. The van der Waals surface area contributed by atoms with Gasteiger partial charge in [-0.15, -0.1) is 11.3 Å². The number of aryl methyl sites for hydroxylation is 2. The van der Waals surface area contributed by atoms with Gasteiger partial charge in [0.25, 0.3) is 5.91 Å². The van der Waals surface area contributed by atoms with Crippen LogP contribution >= 0.6 is 22.9 Å². The predicted octanol–water partition coefficient (Wildman–Crippen LogP) is 3.81. The molecule has 0 saturated carbocycles. The van der Waals surface area contributed by atoms with Gasteiger partial charge in [-0.3, -0.25) is 4.79 Å². The van der Waals surface area contributed by atoms with Gasteiger partial charge in [0.1, 0.15) is 10.6 Å². The van der Waals surface area contributed by atoms with Gasteiger partial charge in [0.15, 0.2) is 6.61 Å². The first-order valence-corrected chi connectivity index (χ1v) is 8.11. The molecule has 1 heterocycles. The van der Waals surface area contributed by atoms with Crippen molar-refractivity contribution in [2.45, 2.75) is 20.5 Å². The Morgan fingerprint density at radius 2 is 2.08 bits per heavy atom. The van der Waals surface area contributed by atoms with Crippen molar-refractivity contribution in [1.82, 2.24) is 4.98 Å². The molecular weight excluding hydrogens is 378 g/mol. The van der Waals surface area contributed by atoms with Crippen molar-refractivity contribution in [3.05, 3.63) is 38.8 Å². The van der Waals surface area contributed by atoms with Crippen LogP contribution in [0.25, 0.3) is 0 Å². The second-order valence-electron chi connectivity index (χ2n) is 4.80. The number of rotatable bonds is 6. The highest BCUT2D eigenvalue weighted by Gasteiger charge is 2.17. The molecule has 0 aliphatic rings. The highest BCUT2D eigenvalue weighted by atomic mass is 35.5. The molecule has 1 aromatic heterocycles. The molecule has 1 aromatic carbocycles. The first-order valence-electron chi connectivity index (χ1n) is 6.91. The van der Waals surface area contributed by atoms with Gasteiger partial charge in [-0.05, 0) is 32.0 Å². The number of hydrogen-bond acceptors (Lipinski definition) is 6. The Balaban J connectivity index is 1.91. The lowest BCUT2D eigenvalue weighted by Gasteiger charge is -2.09. The number of anilines is 1. The van der Waals surface area contributed by atoms with Crippen LogP contribution in [-0.4, -0.2) is 30.1 Å². The van der Waals surface area contributed by atoms with Gasteiger partial charge < -0.3 is 14.8 Å². The summed E-state index contributed by atoms with van der Waals surface area (Å²) in [4.78, 5) is 28.2. The molecule has 0 fully saturated rings. The van der Waals surface area contributed by atoms with Crippen molar-refractivity contribution in [2.24, 2.45) is 0 Å². The van der Waals surface area contributed by atoms with Gasteiger partial charge >= 0.3 is 12.6 Å². The number of carbonyl (C=O) groups is 2. The topological polar surface area (TPSA) is 77.5 Å². The van der Waals surface area contributed by atoms with Crippen molar-refractivity contribution in [3.63, 3.8) is 0 Å². The summed E-state index contributed by atoms with van der Waals surface area (Å²) in [5.74, 6) is -1.46. The number of hydrogen-bond donors (Lipinski definition) is 1.